The van der Waals surface area contributed by atoms with E-state index in [1.54, 1.807) is 5.57 Å². The number of carbonyl (C=O) groups is 1. The lowest BCUT2D eigenvalue weighted by Crippen LogP contribution is -2.46. The van der Waals surface area contributed by atoms with Crippen LogP contribution in [0.5, 0.6) is 0 Å². The normalized spacial score (nSPS) is 44.7. The van der Waals surface area contributed by atoms with Gasteiger partial charge in [-0.1, -0.05) is 66.0 Å². The second kappa shape index (κ2) is 7.28. The van der Waals surface area contributed by atoms with Crippen molar-refractivity contribution in [2.45, 2.75) is 99.3 Å². The second-order valence-corrected chi connectivity index (χ2v) is 12.2. The van der Waals surface area contributed by atoms with Crippen LogP contribution in [0.4, 0.5) is 0 Å². The lowest BCUT2D eigenvalue weighted by molar-refractivity contribution is -0.118. The molecule has 4 aliphatic carbocycles. The molecule has 0 N–H and O–H groups in total. The molecule has 0 heterocycles. The van der Waals surface area contributed by atoms with Gasteiger partial charge in [-0.15, -0.1) is 0 Å². The van der Waals surface area contributed by atoms with Crippen molar-refractivity contribution in [2.24, 2.45) is 52.3 Å². The van der Waals surface area contributed by atoms with Gasteiger partial charge in [-0.3, -0.25) is 4.79 Å². The van der Waals surface area contributed by atoms with E-state index in [4.69, 9.17) is 0 Å². The van der Waals surface area contributed by atoms with Gasteiger partial charge in [-0.05, 0) is 84.4 Å². The summed E-state index contributed by atoms with van der Waals surface area (Å²) in [5.74, 6) is 6.08. The van der Waals surface area contributed by atoms with Crippen molar-refractivity contribution >= 4 is 5.78 Å². The zero-order valence-corrected chi connectivity index (χ0v) is 19.4. The molecule has 0 aliphatic heterocycles. The molecule has 0 bridgehead atoms. The van der Waals surface area contributed by atoms with E-state index in [1.165, 1.54) is 44.9 Å². The fraction of sp³-hybridized carbons (Fsp3) is 0.889. The molecule has 0 aromatic carbocycles. The van der Waals surface area contributed by atoms with Gasteiger partial charge in [-0.2, -0.15) is 0 Å². The smallest absolute Gasteiger partial charge is 0.133 e. The number of carbonyl (C=O) groups excluding carboxylic acids is 1. The highest BCUT2D eigenvalue weighted by Crippen LogP contribution is 2.67. The predicted octanol–water partition coefficient (Wildman–Crippen LogP) is 7.45. The fourth-order valence-corrected chi connectivity index (χ4v) is 8.21. The topological polar surface area (TPSA) is 17.1 Å². The molecular formula is C27H44O. The Morgan fingerprint density at radius 3 is 2.43 bits per heavy atom. The molecule has 4 rings (SSSR count). The summed E-state index contributed by atoms with van der Waals surface area (Å²) in [7, 11) is 0. The first-order valence-electron chi connectivity index (χ1n) is 12.4. The molecule has 0 amide bonds. The summed E-state index contributed by atoms with van der Waals surface area (Å²) in [5, 5.41) is 0. The quantitative estimate of drug-likeness (QED) is 0.450. The van der Waals surface area contributed by atoms with E-state index in [0.29, 0.717) is 23.0 Å². The first-order chi connectivity index (χ1) is 13.2. The van der Waals surface area contributed by atoms with Gasteiger partial charge < -0.3 is 0 Å². The molecular weight excluding hydrogens is 340 g/mol. The van der Waals surface area contributed by atoms with Crippen molar-refractivity contribution in [1.29, 1.82) is 0 Å². The number of allylic oxidation sites excluding steroid dienone is 2. The van der Waals surface area contributed by atoms with Crippen LogP contribution < -0.4 is 0 Å². The molecule has 3 fully saturated rings. The summed E-state index contributed by atoms with van der Waals surface area (Å²) >= 11 is 0. The Balaban J connectivity index is 1.50. The van der Waals surface area contributed by atoms with E-state index in [-0.39, 0.29) is 5.41 Å². The molecule has 0 aromatic rings. The van der Waals surface area contributed by atoms with Gasteiger partial charge in [0.1, 0.15) is 5.78 Å². The molecule has 3 saturated carbocycles. The monoisotopic (exact) mass is 384 g/mol. The Kier molecular flexibility index (Phi) is 5.37. The zero-order chi connectivity index (χ0) is 20.3. The van der Waals surface area contributed by atoms with Crippen molar-refractivity contribution in [2.75, 3.05) is 0 Å². The van der Waals surface area contributed by atoms with E-state index in [0.717, 1.165) is 42.4 Å². The predicted molar refractivity (Wildman–Crippen MR) is 118 cm³/mol. The number of fused-ring (bicyclic) bond motifs is 5. The van der Waals surface area contributed by atoms with Crippen LogP contribution in [-0.2, 0) is 4.79 Å². The molecule has 1 nitrogen and oxygen atoms in total. The molecule has 0 aromatic heterocycles. The number of hydrogen-bond acceptors (Lipinski definition) is 1. The SMILES string of the molecule is CC(C)[C@@H](C)CC[C@@H](C)[C@@H]1CC[C@H]2C3=CC[C@H]4CC(=O)C[C@]4(C)[C@@H]3CC[C@@]21C. The van der Waals surface area contributed by atoms with Gasteiger partial charge in [-0.25, -0.2) is 0 Å². The van der Waals surface area contributed by atoms with Crippen molar-refractivity contribution in [1.82, 2.24) is 0 Å². The first-order valence-corrected chi connectivity index (χ1v) is 12.4. The summed E-state index contributed by atoms with van der Waals surface area (Å²) in [4.78, 5) is 12.3. The van der Waals surface area contributed by atoms with Crippen LogP contribution in [0.3, 0.4) is 0 Å². The molecule has 0 unspecified atom stereocenters. The largest absolute Gasteiger partial charge is 0.300 e. The van der Waals surface area contributed by atoms with Crippen LogP contribution in [0.1, 0.15) is 99.3 Å². The fourth-order valence-electron chi connectivity index (χ4n) is 8.21. The average Bonchev–Trinajstić information content (AvgIpc) is 3.14. The third kappa shape index (κ3) is 3.14. The Morgan fingerprint density at radius 1 is 1.00 bits per heavy atom. The van der Waals surface area contributed by atoms with Gasteiger partial charge in [0, 0.05) is 12.8 Å². The van der Waals surface area contributed by atoms with Gasteiger partial charge in [0.25, 0.3) is 0 Å². The molecule has 158 valence electrons. The van der Waals surface area contributed by atoms with E-state index < -0.39 is 0 Å². The van der Waals surface area contributed by atoms with Crippen LogP contribution in [-0.4, -0.2) is 5.78 Å². The van der Waals surface area contributed by atoms with E-state index in [2.05, 4.69) is 47.6 Å². The average molecular weight is 385 g/mol. The molecule has 0 saturated heterocycles. The Bertz CT molecular complexity index is 645. The van der Waals surface area contributed by atoms with Crippen LogP contribution >= 0.6 is 0 Å². The molecule has 1 heteroatoms. The van der Waals surface area contributed by atoms with E-state index in [9.17, 15) is 4.79 Å². The third-order valence-electron chi connectivity index (χ3n) is 10.5. The summed E-state index contributed by atoms with van der Waals surface area (Å²) in [5.41, 5.74) is 2.58. The first kappa shape index (κ1) is 20.7. The highest BCUT2D eigenvalue weighted by atomic mass is 16.1. The summed E-state index contributed by atoms with van der Waals surface area (Å²) < 4.78 is 0. The minimum Gasteiger partial charge on any atom is -0.300 e. The van der Waals surface area contributed by atoms with Crippen molar-refractivity contribution in [3.63, 3.8) is 0 Å². The number of ketones is 1. The van der Waals surface area contributed by atoms with Crippen molar-refractivity contribution < 1.29 is 4.79 Å². The third-order valence-corrected chi connectivity index (χ3v) is 10.5. The maximum Gasteiger partial charge on any atom is 0.133 e. The van der Waals surface area contributed by atoms with Gasteiger partial charge in [0.2, 0.25) is 0 Å². The Labute approximate surface area is 174 Å². The van der Waals surface area contributed by atoms with Crippen LogP contribution in [0.25, 0.3) is 0 Å². The van der Waals surface area contributed by atoms with Crippen LogP contribution in [0.15, 0.2) is 11.6 Å². The Morgan fingerprint density at radius 2 is 1.71 bits per heavy atom. The highest BCUT2D eigenvalue weighted by molar-refractivity contribution is 5.82. The van der Waals surface area contributed by atoms with Crippen molar-refractivity contribution in [3.05, 3.63) is 11.6 Å². The lowest BCUT2D eigenvalue weighted by Gasteiger charge is -2.54. The molecule has 4 aliphatic rings. The standard InChI is InChI=1S/C27H44O/c1-17(2)18(3)7-8-19(4)23-11-12-24-22-10-9-20-15-21(28)16-27(20,6)25(22)13-14-26(23,24)5/h10,17-20,23-25H,7-9,11-16H2,1-6H3/t18-,19+,20-,23-,24-,25+,26+,27-/m0/s1. The lowest BCUT2D eigenvalue weighted by atomic mass is 9.50. The molecule has 0 radical (unpaired) electrons. The Hall–Kier alpha value is -0.590. The summed E-state index contributed by atoms with van der Waals surface area (Å²) in [6.45, 7) is 14.9. The van der Waals surface area contributed by atoms with Gasteiger partial charge >= 0.3 is 0 Å². The number of rotatable bonds is 5. The number of hydrogen-bond donors (Lipinski definition) is 0. The van der Waals surface area contributed by atoms with Crippen LogP contribution in [0, 0.1) is 52.3 Å². The zero-order valence-electron chi connectivity index (χ0n) is 19.4. The maximum absolute atomic E-state index is 12.3. The van der Waals surface area contributed by atoms with Crippen LogP contribution in [0.2, 0.25) is 0 Å². The second-order valence-electron chi connectivity index (χ2n) is 12.2. The molecule has 0 spiro atoms. The van der Waals surface area contributed by atoms with Crippen molar-refractivity contribution in [3.8, 4) is 0 Å². The highest BCUT2D eigenvalue weighted by Gasteiger charge is 2.59. The maximum atomic E-state index is 12.3. The summed E-state index contributed by atoms with van der Waals surface area (Å²) in [6.07, 6.45) is 13.9. The van der Waals surface area contributed by atoms with E-state index in [1.807, 2.05) is 0 Å². The molecule has 28 heavy (non-hydrogen) atoms. The molecule has 8 atom stereocenters. The van der Waals surface area contributed by atoms with Gasteiger partial charge in [0.05, 0.1) is 0 Å². The minimum atomic E-state index is 0.277. The van der Waals surface area contributed by atoms with Gasteiger partial charge in [0.15, 0.2) is 0 Å². The number of Topliss-reactive ketones (excluding diaryl/α,β-unsaturated/α-hetero) is 1. The minimum absolute atomic E-state index is 0.277. The van der Waals surface area contributed by atoms with E-state index >= 15 is 0 Å². The summed E-state index contributed by atoms with van der Waals surface area (Å²) in [6, 6.07) is 0.